The Morgan fingerprint density at radius 2 is 1.72 bits per heavy atom. The van der Waals surface area contributed by atoms with Gasteiger partial charge < -0.3 is 10.2 Å². The molecule has 2 aromatic carbocycles. The first-order valence-electron chi connectivity index (χ1n) is 8.96. The summed E-state index contributed by atoms with van der Waals surface area (Å²) in [5.41, 5.74) is -2.78. The van der Waals surface area contributed by atoms with E-state index in [0.29, 0.717) is 5.56 Å². The molecular weight excluding hydrogens is 485 g/mol. The van der Waals surface area contributed by atoms with E-state index in [2.05, 4.69) is 10.5 Å². The zero-order chi connectivity index (χ0) is 23.9. The zero-order valence-electron chi connectivity index (χ0n) is 16.2. The van der Waals surface area contributed by atoms with Gasteiger partial charge in [0.15, 0.2) is 0 Å². The second kappa shape index (κ2) is 8.47. The van der Waals surface area contributed by atoms with Crippen LogP contribution in [0.25, 0.3) is 0 Å². The third-order valence-corrected chi connectivity index (χ3v) is 5.16. The Hall–Kier alpha value is -2.46. The average molecular weight is 499 g/mol. The van der Waals surface area contributed by atoms with E-state index in [1.54, 1.807) is 0 Å². The first kappa shape index (κ1) is 24.2. The monoisotopic (exact) mass is 498 g/mol. The molecular formula is C20H14Cl2F6N2O2. The van der Waals surface area contributed by atoms with Gasteiger partial charge in [0.25, 0.3) is 5.60 Å². The summed E-state index contributed by atoms with van der Waals surface area (Å²) in [6.07, 6.45) is -12.1. The highest BCUT2D eigenvalue weighted by Gasteiger charge is 2.62. The van der Waals surface area contributed by atoms with E-state index in [-0.39, 0.29) is 32.6 Å². The lowest BCUT2D eigenvalue weighted by Crippen LogP contribution is -2.42. The van der Waals surface area contributed by atoms with Crippen molar-refractivity contribution in [3.63, 3.8) is 0 Å². The summed E-state index contributed by atoms with van der Waals surface area (Å²) in [7, 11) is 0. The average Bonchev–Trinajstić information content (AvgIpc) is 3.08. The van der Waals surface area contributed by atoms with Crippen LogP contribution >= 0.6 is 23.2 Å². The predicted octanol–water partition coefficient (Wildman–Crippen LogP) is 6.77. The van der Waals surface area contributed by atoms with Crippen LogP contribution in [-0.4, -0.2) is 24.0 Å². The third-order valence-electron chi connectivity index (χ3n) is 4.72. The number of halogens is 8. The predicted molar refractivity (Wildman–Crippen MR) is 107 cm³/mol. The quantitative estimate of drug-likeness (QED) is 0.472. The van der Waals surface area contributed by atoms with Gasteiger partial charge in [-0.1, -0.05) is 40.5 Å². The van der Waals surface area contributed by atoms with Gasteiger partial charge >= 0.3 is 12.4 Å². The molecule has 12 heteroatoms. The van der Waals surface area contributed by atoms with Crippen molar-refractivity contribution in [2.45, 2.75) is 37.7 Å². The maximum Gasteiger partial charge on any atom is 0.435 e. The zero-order valence-corrected chi connectivity index (χ0v) is 17.7. The van der Waals surface area contributed by atoms with Crippen molar-refractivity contribution >= 4 is 40.5 Å². The molecule has 0 saturated heterocycles. The number of anilines is 1. The smallest absolute Gasteiger partial charge is 0.374 e. The molecule has 2 aromatic rings. The van der Waals surface area contributed by atoms with Gasteiger partial charge in [-0.15, -0.1) is 0 Å². The lowest BCUT2D eigenvalue weighted by atomic mass is 9.86. The minimum atomic E-state index is -4.90. The summed E-state index contributed by atoms with van der Waals surface area (Å²) in [6, 6.07) is 7.50. The topological polar surface area (TPSA) is 50.7 Å². The van der Waals surface area contributed by atoms with Gasteiger partial charge in [0.1, 0.15) is 6.42 Å². The highest BCUT2D eigenvalue weighted by molar-refractivity contribution is 6.34. The highest BCUT2D eigenvalue weighted by atomic mass is 35.5. The van der Waals surface area contributed by atoms with Crippen LogP contribution in [-0.2, 0) is 15.2 Å². The van der Waals surface area contributed by atoms with Crippen molar-refractivity contribution in [1.29, 1.82) is 0 Å². The molecule has 1 aliphatic heterocycles. The molecule has 0 saturated carbocycles. The van der Waals surface area contributed by atoms with Crippen LogP contribution in [0.4, 0.5) is 32.0 Å². The van der Waals surface area contributed by atoms with Crippen molar-refractivity contribution < 1.29 is 36.0 Å². The molecule has 0 fully saturated rings. The van der Waals surface area contributed by atoms with Crippen LogP contribution in [0, 0.1) is 6.92 Å². The number of alkyl halides is 6. The van der Waals surface area contributed by atoms with Crippen LogP contribution in [0.15, 0.2) is 41.6 Å². The summed E-state index contributed by atoms with van der Waals surface area (Å²) in [6.45, 7) is 1.52. The normalized spacial score (nSPS) is 18.8. The fraction of sp³-hybridized carbons (Fsp3) is 0.300. The Morgan fingerprint density at radius 1 is 1.09 bits per heavy atom. The molecule has 1 N–H and O–H groups in total. The first-order chi connectivity index (χ1) is 14.7. The maximum absolute atomic E-state index is 14.1. The van der Waals surface area contributed by atoms with Gasteiger partial charge in [0.2, 0.25) is 5.91 Å². The van der Waals surface area contributed by atoms with E-state index in [9.17, 15) is 31.1 Å². The molecule has 172 valence electrons. The Morgan fingerprint density at radius 3 is 2.28 bits per heavy atom. The largest absolute Gasteiger partial charge is 0.435 e. The molecule has 1 heterocycles. The standard InChI is InChI=1S/C20H14Cl2F6N2O2/c1-10-2-3-11(4-15(10)29-17(31)9-19(23,24)25)16-8-18(32-30-16,20(26,27)28)12-5-13(21)7-14(22)6-12/h2-7H,8-9H2,1H3,(H,29,31). The van der Waals surface area contributed by atoms with Crippen molar-refractivity contribution in [3.8, 4) is 0 Å². The van der Waals surface area contributed by atoms with Crippen molar-refractivity contribution in [2.24, 2.45) is 5.16 Å². The minimum Gasteiger partial charge on any atom is -0.374 e. The Kier molecular flexibility index (Phi) is 6.41. The Balaban J connectivity index is 1.92. The second-order valence-corrected chi connectivity index (χ2v) is 8.03. The van der Waals surface area contributed by atoms with Gasteiger partial charge in [-0.3, -0.25) is 4.79 Å². The molecule has 1 unspecified atom stereocenters. The molecule has 4 nitrogen and oxygen atoms in total. The van der Waals surface area contributed by atoms with Crippen LogP contribution in [0.2, 0.25) is 10.0 Å². The van der Waals surface area contributed by atoms with Crippen molar-refractivity contribution in [2.75, 3.05) is 5.32 Å². The van der Waals surface area contributed by atoms with E-state index in [1.165, 1.54) is 31.2 Å². The summed E-state index contributed by atoms with van der Waals surface area (Å²) in [5.74, 6) is -1.31. The second-order valence-electron chi connectivity index (χ2n) is 7.16. The molecule has 0 spiro atoms. The molecule has 3 rings (SSSR count). The van der Waals surface area contributed by atoms with Gasteiger partial charge in [-0.05, 0) is 36.8 Å². The molecule has 0 aromatic heterocycles. The number of oxime groups is 1. The lowest BCUT2D eigenvalue weighted by molar-refractivity contribution is -0.275. The highest BCUT2D eigenvalue weighted by Crippen LogP contribution is 2.49. The van der Waals surface area contributed by atoms with Gasteiger partial charge in [-0.25, -0.2) is 0 Å². The lowest BCUT2D eigenvalue weighted by Gasteiger charge is -2.29. The number of hydrogen-bond acceptors (Lipinski definition) is 3. The van der Waals surface area contributed by atoms with Gasteiger partial charge in [-0.2, -0.15) is 26.3 Å². The number of nitrogens with zero attached hydrogens (tertiary/aromatic N) is 1. The number of nitrogens with one attached hydrogen (secondary N) is 1. The third kappa shape index (κ3) is 5.12. The number of hydrogen-bond donors (Lipinski definition) is 1. The van der Waals surface area contributed by atoms with E-state index in [4.69, 9.17) is 28.0 Å². The van der Waals surface area contributed by atoms with Crippen LogP contribution in [0.3, 0.4) is 0 Å². The molecule has 1 atom stereocenters. The summed E-state index contributed by atoms with van der Waals surface area (Å²) < 4.78 is 79.5. The summed E-state index contributed by atoms with van der Waals surface area (Å²) in [5, 5.41) is 5.65. The summed E-state index contributed by atoms with van der Waals surface area (Å²) in [4.78, 5) is 16.5. The maximum atomic E-state index is 14.1. The number of benzene rings is 2. The SMILES string of the molecule is Cc1ccc(C2=NOC(c3cc(Cl)cc(Cl)c3)(C(F)(F)F)C2)cc1NC(=O)CC(F)(F)F. The number of aryl methyl sites for hydroxylation is 1. The Bertz CT molecular complexity index is 1060. The number of rotatable bonds is 4. The molecule has 0 aliphatic carbocycles. The van der Waals surface area contributed by atoms with Crippen LogP contribution < -0.4 is 5.32 Å². The van der Waals surface area contributed by atoms with Crippen molar-refractivity contribution in [1.82, 2.24) is 0 Å². The molecule has 1 aliphatic rings. The molecule has 32 heavy (non-hydrogen) atoms. The fourth-order valence-electron chi connectivity index (χ4n) is 3.16. The van der Waals surface area contributed by atoms with Crippen LogP contribution in [0.1, 0.15) is 29.5 Å². The first-order valence-corrected chi connectivity index (χ1v) is 9.72. The van der Waals surface area contributed by atoms with E-state index < -0.39 is 36.7 Å². The van der Waals surface area contributed by atoms with Gasteiger partial charge in [0, 0.05) is 33.3 Å². The van der Waals surface area contributed by atoms with Crippen molar-refractivity contribution in [3.05, 3.63) is 63.1 Å². The van der Waals surface area contributed by atoms with Gasteiger partial charge in [0.05, 0.1) is 5.71 Å². The van der Waals surface area contributed by atoms with E-state index in [0.717, 1.165) is 12.1 Å². The number of carbonyl (C=O) groups is 1. The number of carbonyl (C=O) groups excluding carboxylic acids is 1. The molecule has 0 bridgehead atoms. The Labute approximate surface area is 188 Å². The van der Waals surface area contributed by atoms with E-state index >= 15 is 0 Å². The van der Waals surface area contributed by atoms with E-state index in [1.807, 2.05) is 0 Å². The minimum absolute atomic E-state index is 0.00904. The molecule has 1 amide bonds. The molecule has 0 radical (unpaired) electrons. The fourth-order valence-corrected chi connectivity index (χ4v) is 3.68. The summed E-state index contributed by atoms with van der Waals surface area (Å²) >= 11 is 11.7. The number of amides is 1. The van der Waals surface area contributed by atoms with Crippen LogP contribution in [0.5, 0.6) is 0 Å².